The zero-order valence-electron chi connectivity index (χ0n) is 16.2. The first-order valence-corrected chi connectivity index (χ1v) is 11.6. The number of sulfonamides is 1. The predicted molar refractivity (Wildman–Crippen MR) is 105 cm³/mol. The molecule has 0 aliphatic carbocycles. The van der Waals surface area contributed by atoms with Crippen LogP contribution >= 0.6 is 0 Å². The van der Waals surface area contributed by atoms with Crippen molar-refractivity contribution in [3.05, 3.63) is 35.4 Å². The summed E-state index contributed by atoms with van der Waals surface area (Å²) in [5, 5.41) is 3.09. The molecule has 3 rings (SSSR count). The molecule has 0 aromatic heterocycles. The summed E-state index contributed by atoms with van der Waals surface area (Å²) in [5.41, 5.74) is 2.30. The van der Waals surface area contributed by atoms with E-state index in [9.17, 15) is 13.2 Å². The Bertz CT molecular complexity index is 772. The van der Waals surface area contributed by atoms with Crippen LogP contribution in [0, 0.1) is 6.92 Å². The van der Waals surface area contributed by atoms with Gasteiger partial charge in [0.05, 0.1) is 6.26 Å². The maximum absolute atomic E-state index is 12.9. The van der Waals surface area contributed by atoms with Gasteiger partial charge in [0.1, 0.15) is 6.04 Å². The van der Waals surface area contributed by atoms with Gasteiger partial charge in [0.15, 0.2) is 0 Å². The molecule has 1 amide bonds. The number of nitrogens with zero attached hydrogens (tertiary/aromatic N) is 1. The summed E-state index contributed by atoms with van der Waals surface area (Å²) >= 11 is 0. The Morgan fingerprint density at radius 1 is 1.26 bits per heavy atom. The fourth-order valence-electron chi connectivity index (χ4n) is 4.41. The lowest BCUT2D eigenvalue weighted by molar-refractivity contribution is -0.126. The van der Waals surface area contributed by atoms with E-state index >= 15 is 0 Å². The van der Waals surface area contributed by atoms with Crippen LogP contribution in [0.4, 0.5) is 0 Å². The van der Waals surface area contributed by atoms with Gasteiger partial charge >= 0.3 is 0 Å². The van der Waals surface area contributed by atoms with E-state index in [4.69, 9.17) is 4.74 Å². The van der Waals surface area contributed by atoms with Gasteiger partial charge in [0, 0.05) is 31.7 Å². The summed E-state index contributed by atoms with van der Waals surface area (Å²) < 4.78 is 31.1. The van der Waals surface area contributed by atoms with Gasteiger partial charge in [-0.2, -0.15) is 4.31 Å². The van der Waals surface area contributed by atoms with Crippen molar-refractivity contribution < 1.29 is 17.9 Å². The molecule has 6 nitrogen and oxygen atoms in total. The van der Waals surface area contributed by atoms with Gasteiger partial charge < -0.3 is 10.1 Å². The average Bonchev–Trinajstić information content (AvgIpc) is 2.66. The highest BCUT2D eigenvalue weighted by molar-refractivity contribution is 7.88. The van der Waals surface area contributed by atoms with Gasteiger partial charge in [-0.15, -0.1) is 0 Å². The van der Waals surface area contributed by atoms with Gasteiger partial charge in [-0.05, 0) is 43.7 Å². The molecular formula is C20H30N2O4S. The van der Waals surface area contributed by atoms with Crippen LogP contribution in [0.2, 0.25) is 0 Å². The van der Waals surface area contributed by atoms with E-state index in [-0.39, 0.29) is 11.3 Å². The van der Waals surface area contributed by atoms with Crippen molar-refractivity contribution >= 4 is 15.9 Å². The standard InChI is InChI=1S/C20H30N2O4S/c1-16-7-3-4-8-17(16)20(10-13-26-14-11-20)15-21-19(23)18-9-5-6-12-22(18)27(2,24)25/h3-4,7-8,18H,5-6,9-15H2,1-2H3,(H,21,23). The van der Waals surface area contributed by atoms with E-state index < -0.39 is 16.1 Å². The number of nitrogens with one attached hydrogen (secondary N) is 1. The number of ether oxygens (including phenoxy) is 1. The van der Waals surface area contributed by atoms with E-state index in [0.29, 0.717) is 32.7 Å². The van der Waals surface area contributed by atoms with Crippen LogP contribution < -0.4 is 5.32 Å². The Morgan fingerprint density at radius 3 is 2.63 bits per heavy atom. The van der Waals surface area contributed by atoms with Gasteiger partial charge in [-0.1, -0.05) is 30.7 Å². The second-order valence-electron chi connectivity index (χ2n) is 7.81. The summed E-state index contributed by atoms with van der Waals surface area (Å²) in [6, 6.07) is 7.70. The molecule has 2 saturated heterocycles. The van der Waals surface area contributed by atoms with Crippen LogP contribution in [-0.4, -0.2) is 57.2 Å². The molecule has 1 unspecified atom stereocenters. The number of benzene rings is 1. The third-order valence-corrected chi connectivity index (χ3v) is 7.24. The summed E-state index contributed by atoms with van der Waals surface area (Å²) in [6.45, 7) is 4.37. The largest absolute Gasteiger partial charge is 0.381 e. The van der Waals surface area contributed by atoms with Crippen molar-refractivity contribution in [2.24, 2.45) is 0 Å². The Labute approximate surface area is 162 Å². The maximum atomic E-state index is 12.9. The van der Waals surface area contributed by atoms with Crippen molar-refractivity contribution in [2.45, 2.75) is 50.5 Å². The van der Waals surface area contributed by atoms with Gasteiger partial charge in [0.25, 0.3) is 0 Å². The molecule has 2 fully saturated rings. The maximum Gasteiger partial charge on any atom is 0.238 e. The van der Waals surface area contributed by atoms with Crippen LogP contribution in [0.5, 0.6) is 0 Å². The van der Waals surface area contributed by atoms with Gasteiger partial charge in [0.2, 0.25) is 15.9 Å². The molecule has 7 heteroatoms. The lowest BCUT2D eigenvalue weighted by Gasteiger charge is -2.40. The molecule has 1 atom stereocenters. The van der Waals surface area contributed by atoms with Crippen molar-refractivity contribution in [3.8, 4) is 0 Å². The second-order valence-corrected chi connectivity index (χ2v) is 9.75. The number of aryl methyl sites for hydroxylation is 1. The summed E-state index contributed by atoms with van der Waals surface area (Å²) in [7, 11) is -3.38. The lowest BCUT2D eigenvalue weighted by Crippen LogP contribution is -2.54. The molecule has 0 radical (unpaired) electrons. The Hall–Kier alpha value is -1.44. The molecule has 2 aliphatic rings. The van der Waals surface area contributed by atoms with E-state index in [1.54, 1.807) is 0 Å². The number of carbonyl (C=O) groups is 1. The fraction of sp³-hybridized carbons (Fsp3) is 0.650. The molecule has 1 N–H and O–H groups in total. The van der Waals surface area contributed by atoms with Crippen molar-refractivity contribution in [2.75, 3.05) is 32.6 Å². The quantitative estimate of drug-likeness (QED) is 0.829. The predicted octanol–water partition coefficient (Wildman–Crippen LogP) is 1.97. The normalized spacial score (nSPS) is 23.7. The summed E-state index contributed by atoms with van der Waals surface area (Å²) in [4.78, 5) is 12.9. The number of hydrogen-bond donors (Lipinski definition) is 1. The number of carbonyl (C=O) groups excluding carboxylic acids is 1. The SMILES string of the molecule is Cc1ccccc1C1(CNC(=O)C2CCCCN2S(C)(=O)=O)CCOCC1. The zero-order chi connectivity index (χ0) is 19.5. The molecule has 1 aromatic carbocycles. The third-order valence-electron chi connectivity index (χ3n) is 5.95. The highest BCUT2D eigenvalue weighted by Gasteiger charge is 2.38. The highest BCUT2D eigenvalue weighted by Crippen LogP contribution is 2.36. The molecule has 1 aromatic rings. The molecule has 0 bridgehead atoms. The zero-order valence-corrected chi connectivity index (χ0v) is 17.1. The number of rotatable bonds is 5. The monoisotopic (exact) mass is 394 g/mol. The first-order chi connectivity index (χ1) is 12.8. The van der Waals surface area contributed by atoms with E-state index in [2.05, 4.69) is 24.4 Å². The smallest absolute Gasteiger partial charge is 0.238 e. The van der Waals surface area contributed by atoms with E-state index in [1.807, 2.05) is 12.1 Å². The third kappa shape index (κ3) is 4.52. The van der Waals surface area contributed by atoms with Crippen molar-refractivity contribution in [1.82, 2.24) is 9.62 Å². The lowest BCUT2D eigenvalue weighted by atomic mass is 9.72. The molecule has 2 heterocycles. The Morgan fingerprint density at radius 2 is 1.96 bits per heavy atom. The minimum atomic E-state index is -3.38. The van der Waals surface area contributed by atoms with Crippen LogP contribution in [-0.2, 0) is 25.0 Å². The summed E-state index contributed by atoms with van der Waals surface area (Å²) in [6.07, 6.45) is 5.14. The van der Waals surface area contributed by atoms with E-state index in [1.165, 1.54) is 21.7 Å². The summed E-state index contributed by atoms with van der Waals surface area (Å²) in [5.74, 6) is -0.181. The first kappa shape index (κ1) is 20.3. The molecule has 0 spiro atoms. The second kappa shape index (κ2) is 8.29. The Kier molecular flexibility index (Phi) is 6.23. The van der Waals surface area contributed by atoms with Crippen LogP contribution in [0.15, 0.2) is 24.3 Å². The molecule has 2 aliphatic heterocycles. The van der Waals surface area contributed by atoms with Crippen molar-refractivity contribution in [3.63, 3.8) is 0 Å². The highest BCUT2D eigenvalue weighted by atomic mass is 32.2. The number of piperidine rings is 1. The average molecular weight is 395 g/mol. The van der Waals surface area contributed by atoms with Gasteiger partial charge in [-0.25, -0.2) is 8.42 Å². The van der Waals surface area contributed by atoms with E-state index in [0.717, 1.165) is 25.7 Å². The topological polar surface area (TPSA) is 75.7 Å². The van der Waals surface area contributed by atoms with Crippen molar-refractivity contribution in [1.29, 1.82) is 0 Å². The van der Waals surface area contributed by atoms with Crippen LogP contribution in [0.3, 0.4) is 0 Å². The first-order valence-electron chi connectivity index (χ1n) is 9.72. The number of hydrogen-bond acceptors (Lipinski definition) is 4. The Balaban J connectivity index is 1.77. The van der Waals surface area contributed by atoms with Crippen LogP contribution in [0.25, 0.3) is 0 Å². The molecular weight excluding hydrogens is 364 g/mol. The van der Waals surface area contributed by atoms with Gasteiger partial charge in [-0.3, -0.25) is 4.79 Å². The molecule has 150 valence electrons. The molecule has 27 heavy (non-hydrogen) atoms. The number of amides is 1. The minimum Gasteiger partial charge on any atom is -0.381 e. The fourth-order valence-corrected chi connectivity index (χ4v) is 5.53. The minimum absolute atomic E-state index is 0.163. The molecule has 0 saturated carbocycles. The van der Waals surface area contributed by atoms with Crippen LogP contribution in [0.1, 0.15) is 43.2 Å².